The van der Waals surface area contributed by atoms with E-state index in [-0.39, 0.29) is 0 Å². The number of benzene rings is 2. The molecular weight excluding hydrogens is 262 g/mol. The molecule has 0 atom stereocenters. The number of para-hydroxylation sites is 2. The van der Waals surface area contributed by atoms with Crippen molar-refractivity contribution in [2.45, 2.75) is 20.0 Å². The van der Waals surface area contributed by atoms with Gasteiger partial charge < -0.3 is 15.0 Å². The Morgan fingerprint density at radius 3 is 2.86 bits per heavy atom. The molecule has 3 aromatic rings. The number of nitrogens with one attached hydrogen (secondary N) is 1. The molecule has 0 bridgehead atoms. The third-order valence-electron chi connectivity index (χ3n) is 3.60. The molecule has 2 N–H and O–H groups in total. The van der Waals surface area contributed by atoms with Crippen molar-refractivity contribution < 1.29 is 5.11 Å². The Labute approximate surface area is 124 Å². The zero-order valence-electron chi connectivity index (χ0n) is 12.1. The molecule has 0 unspecified atom stereocenters. The maximum atomic E-state index is 9.43. The lowest BCUT2D eigenvalue weighted by molar-refractivity contribution is 0.474. The lowest BCUT2D eigenvalue weighted by atomic mass is 10.2. The van der Waals surface area contributed by atoms with E-state index in [2.05, 4.69) is 20.9 Å². The molecule has 0 fully saturated rings. The highest BCUT2D eigenvalue weighted by atomic mass is 16.3. The summed E-state index contributed by atoms with van der Waals surface area (Å²) in [6.07, 6.45) is 0. The molecule has 4 nitrogen and oxygen atoms in total. The summed E-state index contributed by atoms with van der Waals surface area (Å²) in [4.78, 5) is 4.56. The van der Waals surface area contributed by atoms with Crippen molar-refractivity contribution in [1.82, 2.24) is 14.9 Å². The summed E-state index contributed by atoms with van der Waals surface area (Å²) in [5.74, 6) is 1.35. The Morgan fingerprint density at radius 1 is 1.14 bits per heavy atom. The highest BCUT2D eigenvalue weighted by Crippen LogP contribution is 2.15. The monoisotopic (exact) mass is 281 g/mol. The lowest BCUT2D eigenvalue weighted by Crippen LogP contribution is -2.20. The van der Waals surface area contributed by atoms with Crippen molar-refractivity contribution >= 4 is 11.0 Å². The summed E-state index contributed by atoms with van der Waals surface area (Å²) < 4.78 is 2.23. The number of rotatable bonds is 5. The van der Waals surface area contributed by atoms with Crippen LogP contribution in [0.3, 0.4) is 0 Å². The molecule has 0 radical (unpaired) electrons. The van der Waals surface area contributed by atoms with E-state index in [1.54, 1.807) is 12.1 Å². The fraction of sp³-hybridized carbons (Fsp3) is 0.235. The second-order valence-electron chi connectivity index (χ2n) is 5.15. The van der Waals surface area contributed by atoms with Gasteiger partial charge in [-0.1, -0.05) is 24.3 Å². The fourth-order valence-electron chi connectivity index (χ4n) is 2.57. The van der Waals surface area contributed by atoms with E-state index in [0.717, 1.165) is 36.5 Å². The molecule has 0 aliphatic heterocycles. The van der Waals surface area contributed by atoms with Crippen molar-refractivity contribution in [2.75, 3.05) is 6.54 Å². The van der Waals surface area contributed by atoms with Crippen LogP contribution in [0.25, 0.3) is 11.0 Å². The largest absolute Gasteiger partial charge is 0.508 e. The number of hydrogen-bond acceptors (Lipinski definition) is 3. The molecule has 2 aromatic carbocycles. The van der Waals surface area contributed by atoms with Crippen LogP contribution in [-0.4, -0.2) is 21.2 Å². The Kier molecular flexibility index (Phi) is 3.88. The Hall–Kier alpha value is -2.33. The molecule has 0 aliphatic rings. The number of imidazole rings is 1. The van der Waals surface area contributed by atoms with Crippen molar-refractivity contribution in [1.29, 1.82) is 0 Å². The van der Waals surface area contributed by atoms with Crippen LogP contribution in [0.1, 0.15) is 11.4 Å². The van der Waals surface area contributed by atoms with Gasteiger partial charge in [0.05, 0.1) is 11.0 Å². The normalized spacial score (nSPS) is 11.1. The smallest absolute Gasteiger partial charge is 0.115 e. The highest BCUT2D eigenvalue weighted by Gasteiger charge is 2.05. The van der Waals surface area contributed by atoms with Gasteiger partial charge in [0, 0.05) is 19.6 Å². The van der Waals surface area contributed by atoms with Crippen LogP contribution in [0.2, 0.25) is 0 Å². The number of nitrogens with zero attached hydrogens (tertiary/aromatic N) is 2. The van der Waals surface area contributed by atoms with E-state index >= 15 is 0 Å². The first-order chi connectivity index (χ1) is 10.2. The van der Waals surface area contributed by atoms with Gasteiger partial charge in [-0.25, -0.2) is 4.98 Å². The summed E-state index contributed by atoms with van der Waals surface area (Å²) in [6, 6.07) is 15.5. The first-order valence-corrected chi connectivity index (χ1v) is 7.14. The maximum Gasteiger partial charge on any atom is 0.115 e. The van der Waals surface area contributed by atoms with Gasteiger partial charge in [-0.15, -0.1) is 0 Å². The molecule has 1 aromatic heterocycles. The number of fused-ring (bicyclic) bond motifs is 1. The van der Waals surface area contributed by atoms with Crippen molar-refractivity contribution in [3.05, 3.63) is 59.9 Å². The number of aryl methyl sites for hydroxylation is 1. The van der Waals surface area contributed by atoms with E-state index in [9.17, 15) is 5.11 Å². The van der Waals surface area contributed by atoms with E-state index in [1.165, 1.54) is 5.52 Å². The highest BCUT2D eigenvalue weighted by molar-refractivity contribution is 5.75. The van der Waals surface area contributed by atoms with Crippen LogP contribution in [0.4, 0.5) is 0 Å². The van der Waals surface area contributed by atoms with Gasteiger partial charge >= 0.3 is 0 Å². The quantitative estimate of drug-likeness (QED) is 0.707. The average Bonchev–Trinajstić information content (AvgIpc) is 2.79. The predicted octanol–water partition coefficient (Wildman–Crippen LogP) is 2.84. The van der Waals surface area contributed by atoms with Crippen molar-refractivity contribution in [2.24, 2.45) is 0 Å². The Bertz CT molecular complexity index is 749. The van der Waals surface area contributed by atoms with Crippen LogP contribution >= 0.6 is 0 Å². The lowest BCUT2D eigenvalue weighted by Gasteiger charge is -2.09. The van der Waals surface area contributed by atoms with Crippen molar-refractivity contribution in [3.63, 3.8) is 0 Å². The number of phenols is 1. The van der Waals surface area contributed by atoms with E-state index in [4.69, 9.17) is 0 Å². The van der Waals surface area contributed by atoms with Gasteiger partial charge in [0.25, 0.3) is 0 Å². The van der Waals surface area contributed by atoms with Gasteiger partial charge in [0.1, 0.15) is 11.6 Å². The Balaban J connectivity index is 1.61. The van der Waals surface area contributed by atoms with Crippen LogP contribution in [0, 0.1) is 6.92 Å². The van der Waals surface area contributed by atoms with Crippen molar-refractivity contribution in [3.8, 4) is 5.75 Å². The molecule has 3 rings (SSSR count). The first-order valence-electron chi connectivity index (χ1n) is 7.14. The third-order valence-corrected chi connectivity index (χ3v) is 3.60. The van der Waals surface area contributed by atoms with E-state index in [1.807, 2.05) is 37.3 Å². The minimum Gasteiger partial charge on any atom is -0.508 e. The summed E-state index contributed by atoms with van der Waals surface area (Å²) in [5.41, 5.74) is 3.30. The SMILES string of the molecule is Cc1nc2ccccc2n1CCNCc1cccc(O)c1. The zero-order chi connectivity index (χ0) is 14.7. The summed E-state index contributed by atoms with van der Waals surface area (Å²) in [7, 11) is 0. The molecule has 0 spiro atoms. The van der Waals surface area contributed by atoms with Gasteiger partial charge in [-0.3, -0.25) is 0 Å². The maximum absolute atomic E-state index is 9.43. The van der Waals surface area contributed by atoms with Gasteiger partial charge in [0.15, 0.2) is 0 Å². The standard InChI is InChI=1S/C17H19N3O/c1-13-19-16-7-2-3-8-17(16)20(13)10-9-18-12-14-5-4-6-15(21)11-14/h2-8,11,18,21H,9-10,12H2,1H3. The van der Waals surface area contributed by atoms with Crippen LogP contribution in [0.15, 0.2) is 48.5 Å². The molecular formula is C17H19N3O. The van der Waals surface area contributed by atoms with Gasteiger partial charge in [0.2, 0.25) is 0 Å². The number of hydrogen-bond donors (Lipinski definition) is 2. The van der Waals surface area contributed by atoms with E-state index < -0.39 is 0 Å². The summed E-state index contributed by atoms with van der Waals surface area (Å²) in [5, 5.41) is 12.8. The molecule has 0 saturated carbocycles. The molecule has 1 heterocycles. The van der Waals surface area contributed by atoms with Crippen LogP contribution in [-0.2, 0) is 13.1 Å². The molecule has 0 amide bonds. The van der Waals surface area contributed by atoms with Gasteiger partial charge in [-0.05, 0) is 36.8 Å². The molecule has 21 heavy (non-hydrogen) atoms. The second-order valence-corrected chi connectivity index (χ2v) is 5.15. The topological polar surface area (TPSA) is 50.1 Å². The van der Waals surface area contributed by atoms with Crippen LogP contribution in [0.5, 0.6) is 5.75 Å². The summed E-state index contributed by atoms with van der Waals surface area (Å²) >= 11 is 0. The summed E-state index contributed by atoms with van der Waals surface area (Å²) in [6.45, 7) is 4.53. The van der Waals surface area contributed by atoms with Crippen LogP contribution < -0.4 is 5.32 Å². The second kappa shape index (κ2) is 5.97. The first kappa shape index (κ1) is 13.6. The number of aromatic hydroxyl groups is 1. The minimum atomic E-state index is 0.311. The molecule has 108 valence electrons. The molecule has 0 aliphatic carbocycles. The average molecular weight is 281 g/mol. The Morgan fingerprint density at radius 2 is 2.00 bits per heavy atom. The number of aromatic nitrogens is 2. The fourth-order valence-corrected chi connectivity index (χ4v) is 2.57. The molecule has 4 heteroatoms. The predicted molar refractivity (Wildman–Crippen MR) is 84.3 cm³/mol. The van der Waals surface area contributed by atoms with E-state index in [0.29, 0.717) is 5.75 Å². The minimum absolute atomic E-state index is 0.311. The number of phenolic OH excluding ortho intramolecular Hbond substituents is 1. The molecule has 0 saturated heterocycles. The third kappa shape index (κ3) is 3.06. The zero-order valence-corrected chi connectivity index (χ0v) is 12.1. The van der Waals surface area contributed by atoms with Gasteiger partial charge in [-0.2, -0.15) is 0 Å².